The fraction of sp³-hybridized carbons (Fsp3) is 0.556. The fourth-order valence-electron chi connectivity index (χ4n) is 1.74. The van der Waals surface area contributed by atoms with E-state index in [1.807, 2.05) is 11.3 Å². The summed E-state index contributed by atoms with van der Waals surface area (Å²) in [4.78, 5) is 1.50. The predicted molar refractivity (Wildman–Crippen MR) is 57.6 cm³/mol. The summed E-state index contributed by atoms with van der Waals surface area (Å²) >= 11 is 5.30. The smallest absolute Gasteiger partial charge is 0.0933 e. The molecule has 1 aromatic heterocycles. The van der Waals surface area contributed by atoms with Gasteiger partial charge >= 0.3 is 0 Å². The minimum Gasteiger partial charge on any atom is -0.397 e. The van der Waals surface area contributed by atoms with Gasteiger partial charge in [0.1, 0.15) is 0 Å². The third kappa shape index (κ3) is 1.29. The van der Waals surface area contributed by atoms with Gasteiger partial charge in [0.15, 0.2) is 0 Å². The van der Waals surface area contributed by atoms with Crippen LogP contribution in [0.4, 0.5) is 5.69 Å². The van der Waals surface area contributed by atoms with E-state index in [0.717, 1.165) is 15.4 Å². The summed E-state index contributed by atoms with van der Waals surface area (Å²) in [7, 11) is 0. The number of anilines is 1. The van der Waals surface area contributed by atoms with E-state index in [1.54, 1.807) is 0 Å². The number of hydrogen-bond donors (Lipinski definition) is 1. The maximum absolute atomic E-state index is 5.93. The van der Waals surface area contributed by atoms with Crippen LogP contribution in [0.3, 0.4) is 0 Å². The normalized spacial score (nSPS) is 22.3. The van der Waals surface area contributed by atoms with Crippen LogP contribution in [0, 0.1) is 5.92 Å². The molecule has 0 spiro atoms. The van der Waals surface area contributed by atoms with Crippen molar-refractivity contribution in [3.8, 4) is 0 Å². The number of nitrogen functional groups attached to an aromatic ring is 1. The van der Waals surface area contributed by atoms with Gasteiger partial charge in [-0.05, 0) is 46.7 Å². The van der Waals surface area contributed by atoms with Gasteiger partial charge in [0.2, 0.25) is 0 Å². The van der Waals surface area contributed by atoms with Gasteiger partial charge in [-0.3, -0.25) is 0 Å². The van der Waals surface area contributed by atoms with Crippen molar-refractivity contribution in [2.24, 2.45) is 5.92 Å². The lowest BCUT2D eigenvalue weighted by Gasteiger charge is -2.17. The van der Waals surface area contributed by atoms with E-state index in [1.165, 1.54) is 29.7 Å². The molecule has 1 aliphatic carbocycles. The summed E-state index contributed by atoms with van der Waals surface area (Å²) in [5.74, 6) is 0.836. The second-order valence-electron chi connectivity index (χ2n) is 3.54. The van der Waals surface area contributed by atoms with Crippen molar-refractivity contribution in [3.63, 3.8) is 0 Å². The van der Waals surface area contributed by atoms with Crippen LogP contribution < -0.4 is 5.73 Å². The molecule has 0 bridgehead atoms. The second-order valence-corrected chi connectivity index (χ2v) is 5.96. The molecule has 0 radical (unpaired) electrons. The zero-order chi connectivity index (χ0) is 8.72. The number of nitrogens with two attached hydrogens (primary N) is 1. The Balaban J connectivity index is 2.43. The first-order valence-corrected chi connectivity index (χ1v) is 5.85. The minimum atomic E-state index is 0.836. The summed E-state index contributed by atoms with van der Waals surface area (Å²) in [6.45, 7) is 2.31. The molecule has 2 rings (SSSR count). The van der Waals surface area contributed by atoms with E-state index >= 15 is 0 Å². The first-order valence-electron chi connectivity index (χ1n) is 4.24. The zero-order valence-electron chi connectivity index (χ0n) is 7.06. The summed E-state index contributed by atoms with van der Waals surface area (Å²) in [6, 6.07) is 0. The van der Waals surface area contributed by atoms with E-state index in [4.69, 9.17) is 5.73 Å². The van der Waals surface area contributed by atoms with Crippen LogP contribution in [-0.4, -0.2) is 0 Å². The Bertz CT molecular complexity index is 306. The molecule has 0 aliphatic heterocycles. The Morgan fingerprint density at radius 1 is 1.58 bits per heavy atom. The highest BCUT2D eigenvalue weighted by Crippen LogP contribution is 2.40. The molecular formula is C9H12BrNS. The molecule has 1 unspecified atom stereocenters. The van der Waals surface area contributed by atoms with Crippen LogP contribution in [0.1, 0.15) is 23.8 Å². The van der Waals surface area contributed by atoms with Gasteiger partial charge in [-0.15, -0.1) is 11.3 Å². The van der Waals surface area contributed by atoms with Crippen molar-refractivity contribution in [3.05, 3.63) is 14.2 Å². The summed E-state index contributed by atoms with van der Waals surface area (Å²) in [5, 5.41) is 0. The van der Waals surface area contributed by atoms with E-state index in [0.29, 0.717) is 0 Å². The first kappa shape index (κ1) is 8.57. The third-order valence-corrected chi connectivity index (χ3v) is 4.48. The molecule has 66 valence electrons. The largest absolute Gasteiger partial charge is 0.397 e. The minimum absolute atomic E-state index is 0.836. The summed E-state index contributed by atoms with van der Waals surface area (Å²) in [6.07, 6.45) is 3.68. The molecule has 1 nitrogen and oxygen atoms in total. The van der Waals surface area contributed by atoms with Crippen LogP contribution in [0.25, 0.3) is 0 Å². The van der Waals surface area contributed by atoms with Gasteiger partial charge < -0.3 is 5.73 Å². The number of hydrogen-bond acceptors (Lipinski definition) is 2. The highest BCUT2D eigenvalue weighted by atomic mass is 79.9. The Hall–Kier alpha value is -0.0200. The second kappa shape index (κ2) is 3.04. The lowest BCUT2D eigenvalue weighted by atomic mass is 9.90. The fourth-order valence-corrected chi connectivity index (χ4v) is 3.72. The van der Waals surface area contributed by atoms with Crippen molar-refractivity contribution >= 4 is 33.0 Å². The average Bonchev–Trinajstić information content (AvgIpc) is 2.28. The van der Waals surface area contributed by atoms with Gasteiger partial charge in [0.05, 0.1) is 9.47 Å². The molecule has 0 saturated heterocycles. The zero-order valence-corrected chi connectivity index (χ0v) is 9.46. The third-order valence-electron chi connectivity index (χ3n) is 2.51. The first-order chi connectivity index (χ1) is 5.68. The quantitative estimate of drug-likeness (QED) is 0.747. The Labute approximate surface area is 85.1 Å². The van der Waals surface area contributed by atoms with Gasteiger partial charge in [0, 0.05) is 4.88 Å². The predicted octanol–water partition coefficient (Wildman–Crippen LogP) is 3.22. The number of fused-ring (bicyclic) bond motifs is 1. The van der Waals surface area contributed by atoms with Crippen LogP contribution >= 0.6 is 27.3 Å². The summed E-state index contributed by atoms with van der Waals surface area (Å²) < 4.78 is 1.13. The molecular weight excluding hydrogens is 234 g/mol. The molecule has 0 fully saturated rings. The van der Waals surface area contributed by atoms with Crippen molar-refractivity contribution in [2.45, 2.75) is 26.2 Å². The van der Waals surface area contributed by atoms with E-state index in [9.17, 15) is 0 Å². The maximum atomic E-state index is 5.93. The van der Waals surface area contributed by atoms with E-state index < -0.39 is 0 Å². The maximum Gasteiger partial charge on any atom is 0.0933 e. The van der Waals surface area contributed by atoms with E-state index in [-0.39, 0.29) is 0 Å². The molecule has 1 aromatic rings. The van der Waals surface area contributed by atoms with Crippen LogP contribution in [0.15, 0.2) is 3.79 Å². The topological polar surface area (TPSA) is 26.0 Å². The van der Waals surface area contributed by atoms with Crippen molar-refractivity contribution < 1.29 is 0 Å². The molecule has 0 aromatic carbocycles. The SMILES string of the molecule is CC1CCc2c(sc(Br)c2N)C1. The number of thiophene rings is 1. The number of halogens is 1. The summed E-state index contributed by atoms with van der Waals surface area (Å²) in [5.41, 5.74) is 8.33. The van der Waals surface area contributed by atoms with Crippen molar-refractivity contribution in [1.29, 1.82) is 0 Å². The van der Waals surface area contributed by atoms with Gasteiger partial charge in [-0.25, -0.2) is 0 Å². The lowest BCUT2D eigenvalue weighted by molar-refractivity contribution is 0.508. The highest BCUT2D eigenvalue weighted by molar-refractivity contribution is 9.11. The van der Waals surface area contributed by atoms with Crippen molar-refractivity contribution in [2.75, 3.05) is 5.73 Å². The highest BCUT2D eigenvalue weighted by Gasteiger charge is 2.21. The molecule has 0 saturated carbocycles. The average molecular weight is 246 g/mol. The van der Waals surface area contributed by atoms with Crippen LogP contribution in [0.5, 0.6) is 0 Å². The van der Waals surface area contributed by atoms with Crippen molar-refractivity contribution in [1.82, 2.24) is 0 Å². The molecule has 3 heteroatoms. The Morgan fingerprint density at radius 3 is 3.08 bits per heavy atom. The standard InChI is InChI=1S/C9H12BrNS/c1-5-2-3-6-7(4-5)12-9(10)8(6)11/h5H,2-4,11H2,1H3. The molecule has 12 heavy (non-hydrogen) atoms. The lowest BCUT2D eigenvalue weighted by Crippen LogP contribution is -2.09. The van der Waals surface area contributed by atoms with Gasteiger partial charge in [-0.1, -0.05) is 6.92 Å². The van der Waals surface area contributed by atoms with E-state index in [2.05, 4.69) is 22.9 Å². The van der Waals surface area contributed by atoms with Crippen LogP contribution in [0.2, 0.25) is 0 Å². The number of rotatable bonds is 0. The molecule has 0 amide bonds. The molecule has 1 heterocycles. The van der Waals surface area contributed by atoms with Crippen LogP contribution in [-0.2, 0) is 12.8 Å². The Morgan fingerprint density at radius 2 is 2.33 bits per heavy atom. The van der Waals surface area contributed by atoms with Gasteiger partial charge in [0.25, 0.3) is 0 Å². The van der Waals surface area contributed by atoms with Gasteiger partial charge in [-0.2, -0.15) is 0 Å². The molecule has 2 N–H and O–H groups in total. The Kier molecular flexibility index (Phi) is 2.17. The molecule has 1 aliphatic rings. The molecule has 1 atom stereocenters. The monoisotopic (exact) mass is 245 g/mol.